The number of nitrogens with zero attached hydrogens (tertiary/aromatic N) is 1. The van der Waals surface area contributed by atoms with Gasteiger partial charge in [-0.15, -0.1) is 0 Å². The minimum absolute atomic E-state index is 0.00395. The van der Waals surface area contributed by atoms with E-state index in [4.69, 9.17) is 4.74 Å². The topological polar surface area (TPSA) is 49.8 Å². The van der Waals surface area contributed by atoms with Crippen molar-refractivity contribution in [1.29, 1.82) is 0 Å². The second-order valence-electron chi connectivity index (χ2n) is 6.77. The van der Waals surface area contributed by atoms with Gasteiger partial charge < -0.3 is 14.7 Å². The van der Waals surface area contributed by atoms with Gasteiger partial charge in [0.1, 0.15) is 11.4 Å². The van der Waals surface area contributed by atoms with Gasteiger partial charge in [-0.05, 0) is 48.9 Å². The predicted octanol–water partition coefficient (Wildman–Crippen LogP) is 2.32. The van der Waals surface area contributed by atoms with Gasteiger partial charge in [-0.3, -0.25) is 4.79 Å². The second-order valence-corrected chi connectivity index (χ2v) is 6.77. The van der Waals surface area contributed by atoms with Crippen LogP contribution in [0.3, 0.4) is 0 Å². The van der Waals surface area contributed by atoms with E-state index in [9.17, 15) is 9.90 Å². The minimum Gasteiger partial charge on any atom is -0.493 e. The van der Waals surface area contributed by atoms with E-state index >= 15 is 0 Å². The molecule has 1 aromatic rings. The van der Waals surface area contributed by atoms with Crippen molar-refractivity contribution in [3.8, 4) is 5.75 Å². The first-order valence-electron chi connectivity index (χ1n) is 7.72. The van der Waals surface area contributed by atoms with Crippen molar-refractivity contribution in [2.75, 3.05) is 19.7 Å². The maximum Gasteiger partial charge on any atom is 0.254 e. The highest BCUT2D eigenvalue weighted by molar-refractivity contribution is 5.95. The molecule has 0 spiro atoms. The van der Waals surface area contributed by atoms with Gasteiger partial charge in [0.2, 0.25) is 0 Å². The fourth-order valence-electron chi connectivity index (χ4n) is 2.78. The molecule has 0 radical (unpaired) electrons. The normalized spacial score (nSPS) is 20.3. The number of likely N-dealkylation sites (tertiary alicyclic amines) is 1. The third-order valence-electron chi connectivity index (χ3n) is 4.24. The van der Waals surface area contributed by atoms with Gasteiger partial charge in [0.05, 0.1) is 19.7 Å². The molecular formula is C17H23NO3. The van der Waals surface area contributed by atoms with E-state index in [0.29, 0.717) is 37.1 Å². The Morgan fingerprint density at radius 3 is 2.48 bits per heavy atom. The van der Waals surface area contributed by atoms with E-state index in [1.165, 1.54) is 0 Å². The van der Waals surface area contributed by atoms with Crippen LogP contribution < -0.4 is 4.74 Å². The van der Waals surface area contributed by atoms with Crippen molar-refractivity contribution >= 4 is 5.91 Å². The summed E-state index contributed by atoms with van der Waals surface area (Å²) in [6.45, 7) is 5.82. The zero-order valence-corrected chi connectivity index (χ0v) is 12.7. The Labute approximate surface area is 125 Å². The molecule has 0 unspecified atom stereocenters. The predicted molar refractivity (Wildman–Crippen MR) is 80.4 cm³/mol. The summed E-state index contributed by atoms with van der Waals surface area (Å²) in [7, 11) is 0. The van der Waals surface area contributed by atoms with Crippen molar-refractivity contribution in [2.45, 2.75) is 32.3 Å². The lowest BCUT2D eigenvalue weighted by molar-refractivity contribution is -0.0958. The maximum atomic E-state index is 12.3. The van der Waals surface area contributed by atoms with Crippen molar-refractivity contribution < 1.29 is 14.6 Å². The number of ether oxygens (including phenoxy) is 1. The van der Waals surface area contributed by atoms with Crippen LogP contribution in [-0.4, -0.2) is 41.2 Å². The summed E-state index contributed by atoms with van der Waals surface area (Å²) in [4.78, 5) is 14.0. The highest BCUT2D eigenvalue weighted by atomic mass is 16.5. The zero-order valence-electron chi connectivity index (χ0n) is 12.7. The lowest BCUT2D eigenvalue weighted by Gasteiger charge is -2.47. The lowest BCUT2D eigenvalue weighted by atomic mass is 9.88. The molecule has 1 aliphatic carbocycles. The number of hydrogen-bond acceptors (Lipinski definition) is 3. The van der Waals surface area contributed by atoms with Crippen LogP contribution in [-0.2, 0) is 0 Å². The fourth-order valence-corrected chi connectivity index (χ4v) is 2.78. The van der Waals surface area contributed by atoms with Gasteiger partial charge in [-0.1, -0.05) is 13.8 Å². The van der Waals surface area contributed by atoms with Crippen LogP contribution in [0.5, 0.6) is 5.75 Å². The van der Waals surface area contributed by atoms with Crippen LogP contribution in [0.25, 0.3) is 0 Å². The van der Waals surface area contributed by atoms with E-state index in [1.807, 2.05) is 12.1 Å². The number of β-amino-alcohol motifs (C(OH)–C–C–N with tert-alkyl or cyclic N) is 1. The number of rotatable bonds is 5. The standard InChI is InChI=1S/C17H23NO3/c1-12(2)9-21-15-7-3-13(4-8-15)16(19)18-10-17(20,11-18)14-5-6-14/h3-4,7-8,12,14,20H,5-6,9-11H2,1-2H3. The number of carbonyl (C=O) groups excluding carboxylic acids is 1. The quantitative estimate of drug-likeness (QED) is 0.905. The highest BCUT2D eigenvalue weighted by Gasteiger charge is 2.53. The minimum atomic E-state index is -0.615. The first kappa shape index (κ1) is 14.4. The Morgan fingerprint density at radius 1 is 1.33 bits per heavy atom. The maximum absolute atomic E-state index is 12.3. The summed E-state index contributed by atoms with van der Waals surface area (Å²) in [5.74, 6) is 1.68. The first-order chi connectivity index (χ1) is 9.98. The van der Waals surface area contributed by atoms with E-state index in [1.54, 1.807) is 17.0 Å². The van der Waals surface area contributed by atoms with Crippen molar-refractivity contribution in [1.82, 2.24) is 4.90 Å². The van der Waals surface area contributed by atoms with Crippen molar-refractivity contribution in [2.24, 2.45) is 11.8 Å². The van der Waals surface area contributed by atoms with Gasteiger partial charge in [-0.25, -0.2) is 0 Å². The third-order valence-corrected chi connectivity index (χ3v) is 4.24. The zero-order chi connectivity index (χ0) is 15.0. The molecule has 21 heavy (non-hydrogen) atoms. The summed E-state index contributed by atoms with van der Waals surface area (Å²) in [5, 5.41) is 10.3. The number of hydrogen-bond donors (Lipinski definition) is 1. The van der Waals surface area contributed by atoms with E-state index in [0.717, 1.165) is 18.6 Å². The molecule has 1 heterocycles. The molecule has 1 N–H and O–H groups in total. The highest BCUT2D eigenvalue weighted by Crippen LogP contribution is 2.44. The Bertz CT molecular complexity index is 513. The van der Waals surface area contributed by atoms with Crippen molar-refractivity contribution in [3.63, 3.8) is 0 Å². The van der Waals surface area contributed by atoms with Crippen LogP contribution in [0.15, 0.2) is 24.3 Å². The molecule has 2 aliphatic rings. The number of benzene rings is 1. The molecule has 114 valence electrons. The van der Waals surface area contributed by atoms with Crippen LogP contribution in [0.1, 0.15) is 37.0 Å². The molecule has 1 saturated carbocycles. The van der Waals surface area contributed by atoms with Gasteiger partial charge in [-0.2, -0.15) is 0 Å². The van der Waals surface area contributed by atoms with Crippen LogP contribution >= 0.6 is 0 Å². The average molecular weight is 289 g/mol. The van der Waals surface area contributed by atoms with Gasteiger partial charge >= 0.3 is 0 Å². The summed E-state index contributed by atoms with van der Waals surface area (Å²) in [5.41, 5.74) is 0.0421. The number of carbonyl (C=O) groups is 1. The summed E-state index contributed by atoms with van der Waals surface area (Å²) in [6, 6.07) is 7.27. The molecule has 2 fully saturated rings. The number of aliphatic hydroxyl groups is 1. The number of amides is 1. The molecule has 3 rings (SSSR count). The molecule has 4 heteroatoms. The summed E-state index contributed by atoms with van der Waals surface area (Å²) in [6.07, 6.45) is 2.20. The smallest absolute Gasteiger partial charge is 0.254 e. The molecule has 1 amide bonds. The molecule has 4 nitrogen and oxygen atoms in total. The molecule has 0 aromatic heterocycles. The molecule has 0 atom stereocenters. The Kier molecular flexibility index (Phi) is 3.66. The van der Waals surface area contributed by atoms with Crippen molar-refractivity contribution in [3.05, 3.63) is 29.8 Å². The van der Waals surface area contributed by atoms with Gasteiger partial charge in [0, 0.05) is 5.56 Å². The van der Waals surface area contributed by atoms with E-state index in [-0.39, 0.29) is 5.91 Å². The Morgan fingerprint density at radius 2 is 1.95 bits per heavy atom. The van der Waals surface area contributed by atoms with Gasteiger partial charge in [0.15, 0.2) is 0 Å². The first-order valence-corrected chi connectivity index (χ1v) is 7.72. The summed E-state index contributed by atoms with van der Waals surface area (Å²) >= 11 is 0. The molecule has 1 aromatic carbocycles. The van der Waals surface area contributed by atoms with Crippen LogP contribution in [0, 0.1) is 11.8 Å². The molecule has 1 aliphatic heterocycles. The molecular weight excluding hydrogens is 266 g/mol. The Balaban J connectivity index is 1.56. The van der Waals surface area contributed by atoms with E-state index in [2.05, 4.69) is 13.8 Å². The van der Waals surface area contributed by atoms with Crippen LogP contribution in [0.2, 0.25) is 0 Å². The largest absolute Gasteiger partial charge is 0.493 e. The van der Waals surface area contributed by atoms with E-state index < -0.39 is 5.60 Å². The van der Waals surface area contributed by atoms with Crippen LogP contribution in [0.4, 0.5) is 0 Å². The second kappa shape index (κ2) is 5.34. The fraction of sp³-hybridized carbons (Fsp3) is 0.588. The SMILES string of the molecule is CC(C)COc1ccc(C(=O)N2CC(O)(C3CC3)C2)cc1. The monoisotopic (exact) mass is 289 g/mol. The lowest BCUT2D eigenvalue weighted by Crippen LogP contribution is -2.64. The molecule has 1 saturated heterocycles. The summed E-state index contributed by atoms with van der Waals surface area (Å²) < 4.78 is 5.61. The van der Waals surface area contributed by atoms with Gasteiger partial charge in [0.25, 0.3) is 5.91 Å². The average Bonchev–Trinajstić information content (AvgIpc) is 3.26. The third kappa shape index (κ3) is 3.05. The molecule has 0 bridgehead atoms. The Hall–Kier alpha value is -1.55.